The number of anilines is 1. The molecule has 7 nitrogen and oxygen atoms in total. The molecule has 0 unspecified atom stereocenters. The van der Waals surface area contributed by atoms with E-state index in [9.17, 15) is 14.7 Å². The van der Waals surface area contributed by atoms with Gasteiger partial charge in [-0.3, -0.25) is 9.59 Å². The maximum atomic E-state index is 12.9. The van der Waals surface area contributed by atoms with Crippen molar-refractivity contribution < 1.29 is 28.9 Å². The van der Waals surface area contributed by atoms with Crippen molar-refractivity contribution in [2.24, 2.45) is 0 Å². The van der Waals surface area contributed by atoms with Crippen LogP contribution >= 0.6 is 11.8 Å². The number of fused-ring (bicyclic) bond motifs is 1. The minimum Gasteiger partial charge on any atom is -0.496 e. The first-order valence-electron chi connectivity index (χ1n) is 13.4. The van der Waals surface area contributed by atoms with Gasteiger partial charge in [-0.05, 0) is 47.5 Å². The predicted molar refractivity (Wildman–Crippen MR) is 156 cm³/mol. The second-order valence-corrected chi connectivity index (χ2v) is 11.0. The van der Waals surface area contributed by atoms with E-state index in [2.05, 4.69) is 0 Å². The van der Waals surface area contributed by atoms with Crippen molar-refractivity contribution in [2.75, 3.05) is 17.8 Å². The van der Waals surface area contributed by atoms with Gasteiger partial charge in [0, 0.05) is 22.6 Å². The topological polar surface area (TPSA) is 85.3 Å². The van der Waals surface area contributed by atoms with Gasteiger partial charge in [0.1, 0.15) is 5.75 Å². The molecule has 2 aliphatic rings. The number of rotatable bonds is 8. The summed E-state index contributed by atoms with van der Waals surface area (Å²) in [5.41, 5.74) is 3.94. The van der Waals surface area contributed by atoms with Gasteiger partial charge in [-0.15, -0.1) is 11.8 Å². The van der Waals surface area contributed by atoms with Crippen molar-refractivity contribution in [1.29, 1.82) is 0 Å². The molecule has 6 rings (SSSR count). The zero-order chi connectivity index (χ0) is 28.3. The summed E-state index contributed by atoms with van der Waals surface area (Å²) in [6.45, 7) is -0.0187. The third kappa shape index (κ3) is 5.52. The molecule has 1 saturated heterocycles. The lowest BCUT2D eigenvalue weighted by atomic mass is 10.0. The van der Waals surface area contributed by atoms with Gasteiger partial charge in [-0.2, -0.15) is 0 Å². The molecular weight excluding hydrogens is 538 g/mol. The number of methoxy groups -OCH3 is 1. The van der Waals surface area contributed by atoms with Gasteiger partial charge >= 0.3 is 0 Å². The van der Waals surface area contributed by atoms with Crippen molar-refractivity contribution in [3.63, 3.8) is 0 Å². The van der Waals surface area contributed by atoms with Gasteiger partial charge in [0.2, 0.25) is 0 Å². The number of thioether (sulfide) groups is 1. The van der Waals surface area contributed by atoms with E-state index in [-0.39, 0.29) is 30.6 Å². The molecule has 208 valence electrons. The van der Waals surface area contributed by atoms with Crippen LogP contribution in [-0.2, 0) is 16.1 Å². The Labute approximate surface area is 242 Å². The number of para-hydroxylation sites is 1. The van der Waals surface area contributed by atoms with Crippen LogP contribution in [0.3, 0.4) is 0 Å². The summed E-state index contributed by atoms with van der Waals surface area (Å²) >= 11 is 1.67. The maximum absolute atomic E-state index is 12.9. The van der Waals surface area contributed by atoms with Gasteiger partial charge in [-0.25, -0.2) is 4.90 Å². The lowest BCUT2D eigenvalue weighted by Crippen LogP contribution is -2.31. The summed E-state index contributed by atoms with van der Waals surface area (Å²) in [6.07, 6.45) is -0.335. The second kappa shape index (κ2) is 11.9. The number of aliphatic hydroxyl groups is 1. The molecule has 2 aliphatic heterocycles. The zero-order valence-corrected chi connectivity index (χ0v) is 23.3. The van der Waals surface area contributed by atoms with Gasteiger partial charge in [0.25, 0.3) is 11.8 Å². The highest BCUT2D eigenvalue weighted by Crippen LogP contribution is 2.41. The lowest BCUT2D eigenvalue weighted by Gasteiger charge is -2.36. The fraction of sp³-hybridized carbons (Fsp3) is 0.212. The average molecular weight is 568 g/mol. The molecule has 0 radical (unpaired) electrons. The van der Waals surface area contributed by atoms with Crippen LogP contribution in [-0.4, -0.2) is 35.9 Å². The normalized spacial score (nSPS) is 20.2. The Morgan fingerprint density at radius 3 is 2.12 bits per heavy atom. The quantitative estimate of drug-likeness (QED) is 0.197. The molecule has 1 N–H and O–H groups in total. The van der Waals surface area contributed by atoms with Crippen LogP contribution in [0.1, 0.15) is 56.2 Å². The van der Waals surface area contributed by atoms with E-state index in [4.69, 9.17) is 14.2 Å². The molecule has 2 amide bonds. The van der Waals surface area contributed by atoms with Crippen molar-refractivity contribution in [2.45, 2.75) is 36.4 Å². The van der Waals surface area contributed by atoms with E-state index in [0.717, 1.165) is 27.3 Å². The third-order valence-corrected chi connectivity index (χ3v) is 8.51. The van der Waals surface area contributed by atoms with Crippen LogP contribution in [0, 0.1) is 0 Å². The van der Waals surface area contributed by atoms with Crippen LogP contribution in [0.15, 0.2) is 102 Å². The van der Waals surface area contributed by atoms with Gasteiger partial charge in [-0.1, -0.05) is 60.7 Å². The number of carbonyl (C=O) groups is 2. The van der Waals surface area contributed by atoms with Crippen LogP contribution in [0.2, 0.25) is 0 Å². The van der Waals surface area contributed by atoms with Gasteiger partial charge in [0.05, 0.1) is 42.7 Å². The maximum Gasteiger partial charge on any atom is 0.266 e. The number of ether oxygens (including phenoxy) is 3. The first kappa shape index (κ1) is 27.2. The molecule has 4 aromatic rings. The molecule has 0 aromatic heterocycles. The summed E-state index contributed by atoms with van der Waals surface area (Å²) in [5, 5.41) is 9.47. The number of hydrogen-bond donors (Lipinski definition) is 1. The van der Waals surface area contributed by atoms with Crippen LogP contribution < -0.4 is 9.64 Å². The Morgan fingerprint density at radius 1 is 0.829 bits per heavy atom. The lowest BCUT2D eigenvalue weighted by molar-refractivity contribution is -0.245. The van der Waals surface area contributed by atoms with E-state index < -0.39 is 6.29 Å². The smallest absolute Gasteiger partial charge is 0.266 e. The third-order valence-electron chi connectivity index (χ3n) is 7.33. The second-order valence-electron chi connectivity index (χ2n) is 9.89. The highest BCUT2D eigenvalue weighted by Gasteiger charge is 2.37. The molecule has 2 heterocycles. The van der Waals surface area contributed by atoms with Crippen molar-refractivity contribution in [3.8, 4) is 5.75 Å². The minimum atomic E-state index is -0.647. The molecule has 0 bridgehead atoms. The van der Waals surface area contributed by atoms with E-state index >= 15 is 0 Å². The number of nitrogens with zero attached hydrogens (tertiary/aromatic N) is 1. The zero-order valence-electron chi connectivity index (χ0n) is 22.4. The highest BCUT2D eigenvalue weighted by molar-refractivity contribution is 7.99. The van der Waals surface area contributed by atoms with E-state index in [1.807, 2.05) is 60.7 Å². The molecule has 0 saturated carbocycles. The molecule has 0 aliphatic carbocycles. The van der Waals surface area contributed by atoms with E-state index in [1.54, 1.807) is 55.3 Å². The van der Waals surface area contributed by atoms with E-state index in [0.29, 0.717) is 29.0 Å². The molecular formula is C33H29NO6S. The first-order valence-corrected chi connectivity index (χ1v) is 14.4. The minimum absolute atomic E-state index is 0.0187. The predicted octanol–water partition coefficient (Wildman–Crippen LogP) is 6.33. The first-order chi connectivity index (χ1) is 20.1. The Bertz CT molecular complexity index is 1520. The van der Waals surface area contributed by atoms with Gasteiger partial charge < -0.3 is 19.3 Å². The fourth-order valence-electron chi connectivity index (χ4n) is 5.15. The number of benzene rings is 4. The molecule has 3 atom stereocenters. The standard InChI is InChI=1S/C33H29NO6S/c1-38-28-8-4-5-9-30(28)41-20-25-18-29(22-12-10-21(19-35)11-13-22)40-33(39-25)23-14-16-24(17-15-23)34-31(36)26-6-2-3-7-27(26)32(34)37/h2-17,25,29,33,35H,18-20H2,1H3/t25-,29+,33+/m0/s1. The molecule has 0 spiro atoms. The van der Waals surface area contributed by atoms with E-state index in [1.165, 1.54) is 4.90 Å². The Morgan fingerprint density at radius 2 is 1.46 bits per heavy atom. The van der Waals surface area contributed by atoms with Crippen molar-refractivity contribution in [3.05, 3.63) is 125 Å². The molecule has 41 heavy (non-hydrogen) atoms. The fourth-order valence-corrected chi connectivity index (χ4v) is 6.20. The van der Waals surface area contributed by atoms with Crippen molar-refractivity contribution >= 4 is 29.3 Å². The summed E-state index contributed by atoms with van der Waals surface area (Å²) in [6, 6.07) is 29.7. The van der Waals surface area contributed by atoms with Crippen LogP contribution in [0.25, 0.3) is 0 Å². The summed E-state index contributed by atoms with van der Waals surface area (Å²) in [4.78, 5) is 28.1. The molecule has 8 heteroatoms. The highest BCUT2D eigenvalue weighted by atomic mass is 32.2. The summed E-state index contributed by atoms with van der Waals surface area (Å²) in [5.74, 6) is 0.853. The Kier molecular flexibility index (Phi) is 7.89. The largest absolute Gasteiger partial charge is 0.496 e. The number of hydrogen-bond acceptors (Lipinski definition) is 7. The number of carbonyl (C=O) groups excluding carboxylic acids is 2. The molecule has 1 fully saturated rings. The van der Waals surface area contributed by atoms with Crippen molar-refractivity contribution in [1.82, 2.24) is 0 Å². The molecule has 4 aromatic carbocycles. The monoisotopic (exact) mass is 567 g/mol. The Balaban J connectivity index is 1.23. The number of amides is 2. The Hall–Kier alpha value is -3.95. The SMILES string of the molecule is COc1ccccc1SC[C@@H]1C[C@H](c2ccc(CO)cc2)O[C@H](c2ccc(N3C(=O)c4ccccc4C3=O)cc2)O1. The summed E-state index contributed by atoms with van der Waals surface area (Å²) < 4.78 is 18.4. The van der Waals surface area contributed by atoms with Crippen LogP contribution in [0.4, 0.5) is 5.69 Å². The van der Waals surface area contributed by atoms with Crippen LogP contribution in [0.5, 0.6) is 5.75 Å². The number of imide groups is 1. The van der Waals surface area contributed by atoms with Gasteiger partial charge in [0.15, 0.2) is 6.29 Å². The number of aliphatic hydroxyl groups excluding tert-OH is 1. The average Bonchev–Trinajstić information content (AvgIpc) is 3.29. The summed E-state index contributed by atoms with van der Waals surface area (Å²) in [7, 11) is 1.66.